The minimum absolute atomic E-state index is 0.0419. The second-order valence-electron chi connectivity index (χ2n) is 5.25. The summed E-state index contributed by atoms with van der Waals surface area (Å²) < 4.78 is 5.20. The van der Waals surface area contributed by atoms with Crippen molar-refractivity contribution < 1.29 is 9.53 Å². The van der Waals surface area contributed by atoms with Gasteiger partial charge in [0.25, 0.3) is 0 Å². The lowest BCUT2D eigenvalue weighted by Crippen LogP contribution is -2.43. The quantitative estimate of drug-likeness (QED) is 0.864. The Morgan fingerprint density at radius 2 is 2.28 bits per heavy atom. The number of hydrogen-bond acceptors (Lipinski definition) is 4. The van der Waals surface area contributed by atoms with Crippen LogP contribution in [0.15, 0.2) is 16.8 Å². The Morgan fingerprint density at radius 3 is 2.78 bits per heavy atom. The Kier molecular flexibility index (Phi) is 5.62. The Morgan fingerprint density at radius 1 is 1.56 bits per heavy atom. The Balaban J connectivity index is 2.35. The van der Waals surface area contributed by atoms with Crippen molar-refractivity contribution in [3.8, 4) is 0 Å². The number of aryl methyl sites for hydroxylation is 1. The van der Waals surface area contributed by atoms with Gasteiger partial charge in [-0.2, -0.15) is 11.3 Å². The van der Waals surface area contributed by atoms with Gasteiger partial charge in [0.05, 0.1) is 0 Å². The molecule has 1 aromatic rings. The molecule has 0 fully saturated rings. The third-order valence-electron chi connectivity index (χ3n) is 2.37. The number of nitrogens with two attached hydrogens (primary N) is 1. The molecule has 0 radical (unpaired) electrons. The van der Waals surface area contributed by atoms with Crippen LogP contribution in [0.2, 0.25) is 0 Å². The van der Waals surface area contributed by atoms with Crippen molar-refractivity contribution in [3.05, 3.63) is 22.4 Å². The predicted molar refractivity (Wildman–Crippen MR) is 74.9 cm³/mol. The summed E-state index contributed by atoms with van der Waals surface area (Å²) in [7, 11) is 0. The summed E-state index contributed by atoms with van der Waals surface area (Å²) in [6.07, 6.45) is 1.34. The summed E-state index contributed by atoms with van der Waals surface area (Å²) >= 11 is 1.68. The largest absolute Gasteiger partial charge is 0.444 e. The first-order valence-electron chi connectivity index (χ1n) is 6.11. The molecule has 102 valence electrons. The summed E-state index contributed by atoms with van der Waals surface area (Å²) in [4.78, 5) is 11.6. The molecule has 0 bridgehead atoms. The van der Waals surface area contributed by atoms with E-state index in [1.807, 2.05) is 26.2 Å². The molecule has 1 unspecified atom stereocenters. The number of hydrogen-bond donors (Lipinski definition) is 2. The first-order chi connectivity index (χ1) is 8.40. The SMILES string of the molecule is CC(C)(C)OC(=O)NC(CN)CCc1ccsc1. The van der Waals surface area contributed by atoms with Gasteiger partial charge in [0, 0.05) is 12.6 Å². The number of thiophene rings is 1. The normalized spacial score (nSPS) is 13.1. The summed E-state index contributed by atoms with van der Waals surface area (Å²) in [5.74, 6) is 0. The van der Waals surface area contributed by atoms with E-state index in [9.17, 15) is 4.79 Å². The van der Waals surface area contributed by atoms with Crippen molar-refractivity contribution in [1.82, 2.24) is 5.32 Å². The van der Waals surface area contributed by atoms with Gasteiger partial charge in [0.15, 0.2) is 0 Å². The Hall–Kier alpha value is -1.07. The van der Waals surface area contributed by atoms with E-state index in [4.69, 9.17) is 10.5 Å². The van der Waals surface area contributed by atoms with Crippen LogP contribution in [0.1, 0.15) is 32.8 Å². The van der Waals surface area contributed by atoms with E-state index in [0.29, 0.717) is 6.54 Å². The van der Waals surface area contributed by atoms with Gasteiger partial charge in [0.2, 0.25) is 0 Å². The molecule has 0 saturated heterocycles. The maximum Gasteiger partial charge on any atom is 0.407 e. The van der Waals surface area contributed by atoms with Crippen LogP contribution >= 0.6 is 11.3 Å². The lowest BCUT2D eigenvalue weighted by Gasteiger charge is -2.23. The molecule has 1 amide bonds. The zero-order valence-corrected chi connectivity index (χ0v) is 12.0. The third-order valence-corrected chi connectivity index (χ3v) is 3.10. The molecule has 1 atom stereocenters. The molecule has 0 aromatic carbocycles. The monoisotopic (exact) mass is 270 g/mol. The fraction of sp³-hybridized carbons (Fsp3) is 0.615. The van der Waals surface area contributed by atoms with Gasteiger partial charge in [-0.15, -0.1) is 0 Å². The topological polar surface area (TPSA) is 64.3 Å². The highest BCUT2D eigenvalue weighted by Crippen LogP contribution is 2.10. The van der Waals surface area contributed by atoms with Crippen LogP contribution in [-0.2, 0) is 11.2 Å². The molecule has 18 heavy (non-hydrogen) atoms. The maximum atomic E-state index is 11.6. The molecule has 0 spiro atoms. The summed E-state index contributed by atoms with van der Waals surface area (Å²) in [6.45, 7) is 5.95. The zero-order chi connectivity index (χ0) is 13.6. The van der Waals surface area contributed by atoms with Crippen LogP contribution < -0.4 is 11.1 Å². The van der Waals surface area contributed by atoms with E-state index in [1.165, 1.54) is 5.56 Å². The Labute approximate surface area is 113 Å². The molecular formula is C13H22N2O2S. The lowest BCUT2D eigenvalue weighted by atomic mass is 10.1. The van der Waals surface area contributed by atoms with E-state index in [2.05, 4.69) is 16.8 Å². The van der Waals surface area contributed by atoms with Crippen LogP contribution in [0.3, 0.4) is 0 Å². The van der Waals surface area contributed by atoms with E-state index >= 15 is 0 Å². The fourth-order valence-electron chi connectivity index (χ4n) is 1.50. The minimum atomic E-state index is -0.476. The van der Waals surface area contributed by atoms with Gasteiger partial charge in [-0.25, -0.2) is 4.79 Å². The molecule has 5 heteroatoms. The highest BCUT2D eigenvalue weighted by atomic mass is 32.1. The molecule has 0 aliphatic rings. The van der Waals surface area contributed by atoms with Crippen molar-refractivity contribution >= 4 is 17.4 Å². The molecule has 4 nitrogen and oxygen atoms in total. The molecule has 1 heterocycles. The van der Waals surface area contributed by atoms with E-state index in [-0.39, 0.29) is 6.04 Å². The van der Waals surface area contributed by atoms with Gasteiger partial charge in [-0.1, -0.05) is 0 Å². The highest BCUT2D eigenvalue weighted by Gasteiger charge is 2.18. The van der Waals surface area contributed by atoms with Gasteiger partial charge >= 0.3 is 6.09 Å². The maximum absolute atomic E-state index is 11.6. The van der Waals surface area contributed by atoms with Crippen LogP contribution in [0, 0.1) is 0 Å². The van der Waals surface area contributed by atoms with Crippen molar-refractivity contribution in [3.63, 3.8) is 0 Å². The van der Waals surface area contributed by atoms with E-state index in [1.54, 1.807) is 11.3 Å². The molecule has 3 N–H and O–H groups in total. The van der Waals surface area contributed by atoms with E-state index in [0.717, 1.165) is 12.8 Å². The molecular weight excluding hydrogens is 248 g/mol. The van der Waals surface area contributed by atoms with Gasteiger partial charge in [0.1, 0.15) is 5.60 Å². The number of carbonyl (C=O) groups excluding carboxylic acids is 1. The molecule has 0 aliphatic carbocycles. The summed E-state index contributed by atoms with van der Waals surface area (Å²) in [5, 5.41) is 6.96. The second kappa shape index (κ2) is 6.75. The van der Waals surface area contributed by atoms with Crippen molar-refractivity contribution in [2.45, 2.75) is 45.3 Å². The minimum Gasteiger partial charge on any atom is -0.444 e. The second-order valence-corrected chi connectivity index (χ2v) is 6.03. The van der Waals surface area contributed by atoms with Crippen LogP contribution in [0.25, 0.3) is 0 Å². The number of carbonyl (C=O) groups is 1. The van der Waals surface area contributed by atoms with Crippen LogP contribution in [-0.4, -0.2) is 24.3 Å². The number of ether oxygens (including phenoxy) is 1. The molecule has 1 rings (SSSR count). The van der Waals surface area contributed by atoms with Crippen molar-refractivity contribution in [2.75, 3.05) is 6.54 Å². The van der Waals surface area contributed by atoms with Gasteiger partial charge in [-0.3, -0.25) is 0 Å². The highest BCUT2D eigenvalue weighted by molar-refractivity contribution is 7.07. The summed E-state index contributed by atoms with van der Waals surface area (Å²) in [6, 6.07) is 2.05. The van der Waals surface area contributed by atoms with Crippen LogP contribution in [0.5, 0.6) is 0 Å². The van der Waals surface area contributed by atoms with E-state index < -0.39 is 11.7 Å². The lowest BCUT2D eigenvalue weighted by molar-refractivity contribution is 0.0503. The molecule has 0 saturated carbocycles. The number of rotatable bonds is 5. The fourth-order valence-corrected chi connectivity index (χ4v) is 2.20. The van der Waals surface area contributed by atoms with Crippen molar-refractivity contribution in [1.29, 1.82) is 0 Å². The Bertz CT molecular complexity index is 358. The van der Waals surface area contributed by atoms with Gasteiger partial charge < -0.3 is 15.8 Å². The smallest absolute Gasteiger partial charge is 0.407 e. The van der Waals surface area contributed by atoms with Crippen molar-refractivity contribution in [2.24, 2.45) is 5.73 Å². The van der Waals surface area contributed by atoms with Gasteiger partial charge in [-0.05, 0) is 56.0 Å². The zero-order valence-electron chi connectivity index (χ0n) is 11.2. The third kappa shape index (κ3) is 6.02. The number of amides is 1. The first kappa shape index (κ1) is 15.0. The molecule has 0 aliphatic heterocycles. The number of alkyl carbamates (subject to hydrolysis) is 1. The first-order valence-corrected chi connectivity index (χ1v) is 7.05. The number of nitrogens with one attached hydrogen (secondary N) is 1. The average Bonchev–Trinajstić information content (AvgIpc) is 2.74. The average molecular weight is 270 g/mol. The molecule has 1 aromatic heterocycles. The summed E-state index contributed by atoms with van der Waals surface area (Å²) in [5.41, 5.74) is 6.46. The van der Waals surface area contributed by atoms with Crippen LogP contribution in [0.4, 0.5) is 4.79 Å². The predicted octanol–water partition coefficient (Wildman–Crippen LogP) is 2.53. The standard InChI is InChI=1S/C13H22N2O2S/c1-13(2,3)17-12(16)15-11(8-14)5-4-10-6-7-18-9-10/h6-7,9,11H,4-5,8,14H2,1-3H3,(H,15,16).